The summed E-state index contributed by atoms with van der Waals surface area (Å²) in [5, 5.41) is 22.2. The Hall–Kier alpha value is -2.95. The molecule has 0 N–H and O–H groups in total. The lowest BCUT2D eigenvalue weighted by atomic mass is 9.72. The molecule has 0 radical (unpaired) electrons. The molecule has 1 aliphatic carbocycles. The van der Waals surface area contributed by atoms with Gasteiger partial charge in [0.1, 0.15) is 11.1 Å². The Morgan fingerprint density at radius 3 is 2.67 bits per heavy atom. The first-order chi connectivity index (χ1) is 15.8. The normalized spacial score (nSPS) is 15.9. The van der Waals surface area contributed by atoms with Crippen molar-refractivity contribution < 1.29 is 4.92 Å². The van der Waals surface area contributed by atoms with Crippen molar-refractivity contribution in [2.24, 2.45) is 16.3 Å². The van der Waals surface area contributed by atoms with Crippen molar-refractivity contribution in [1.29, 1.82) is 5.26 Å². The molecular formula is C26H25N3O2S2. The van der Waals surface area contributed by atoms with Crippen molar-refractivity contribution in [3.05, 3.63) is 80.2 Å². The number of aliphatic imine (C=N–C) groups is 1. The molecule has 1 heterocycles. The highest BCUT2D eigenvalue weighted by atomic mass is 32.2. The zero-order chi connectivity index (χ0) is 23.6. The number of nitrogens with zero attached hydrogens (tertiary/aromatic N) is 3. The fourth-order valence-electron chi connectivity index (χ4n) is 4.11. The maximum absolute atomic E-state index is 11.7. The summed E-state index contributed by atoms with van der Waals surface area (Å²) in [5.74, 6) is 0.587. The van der Waals surface area contributed by atoms with Gasteiger partial charge in [-0.3, -0.25) is 10.1 Å². The molecule has 0 saturated heterocycles. The summed E-state index contributed by atoms with van der Waals surface area (Å²) < 4.78 is 0. The summed E-state index contributed by atoms with van der Waals surface area (Å²) in [6.07, 6.45) is 4.59. The van der Waals surface area contributed by atoms with Crippen molar-refractivity contribution in [2.45, 2.75) is 49.8 Å². The molecule has 5 nitrogen and oxygen atoms in total. The molecule has 2 aromatic carbocycles. The zero-order valence-corrected chi connectivity index (χ0v) is 20.5. The molecule has 1 aliphatic rings. The van der Waals surface area contributed by atoms with Gasteiger partial charge >= 0.3 is 0 Å². The number of rotatable bonds is 5. The van der Waals surface area contributed by atoms with E-state index in [0.29, 0.717) is 26.9 Å². The predicted octanol–water partition coefficient (Wildman–Crippen LogP) is 7.58. The van der Waals surface area contributed by atoms with Crippen molar-refractivity contribution in [3.8, 4) is 6.07 Å². The van der Waals surface area contributed by atoms with Crippen LogP contribution in [0.25, 0.3) is 0 Å². The van der Waals surface area contributed by atoms with Crippen molar-refractivity contribution >= 4 is 40.0 Å². The third kappa shape index (κ3) is 5.18. The second-order valence-electron chi connectivity index (χ2n) is 9.26. The topological polar surface area (TPSA) is 79.3 Å². The van der Waals surface area contributed by atoms with E-state index in [1.807, 2.05) is 36.4 Å². The molecule has 3 aromatic rings. The van der Waals surface area contributed by atoms with E-state index in [1.54, 1.807) is 29.7 Å². The summed E-state index contributed by atoms with van der Waals surface area (Å²) in [7, 11) is 0. The minimum Gasteiger partial charge on any atom is -0.258 e. The van der Waals surface area contributed by atoms with E-state index in [0.717, 1.165) is 29.7 Å². The number of fused-ring (bicyclic) bond motifs is 1. The summed E-state index contributed by atoms with van der Waals surface area (Å²) in [6.45, 7) is 6.81. The Balaban J connectivity index is 1.61. The third-order valence-electron chi connectivity index (χ3n) is 6.06. The van der Waals surface area contributed by atoms with Gasteiger partial charge in [-0.25, -0.2) is 4.99 Å². The minimum absolute atomic E-state index is 0.0480. The smallest absolute Gasteiger partial charge is 0.258 e. The molecular weight excluding hydrogens is 450 g/mol. The van der Waals surface area contributed by atoms with Gasteiger partial charge in [0.25, 0.3) is 5.69 Å². The Bertz CT molecular complexity index is 1250. The van der Waals surface area contributed by atoms with Crippen LogP contribution >= 0.6 is 23.1 Å². The van der Waals surface area contributed by atoms with E-state index < -0.39 is 0 Å². The SMILES string of the molecule is CC(C)(C)[C@@H]1CCc2c(sc(N=Cc3ccc(Sc4ccccc4)c([N+](=O)[O-])c3)c2C#N)C1. The van der Waals surface area contributed by atoms with Crippen LogP contribution < -0.4 is 0 Å². The third-order valence-corrected chi connectivity index (χ3v) is 8.30. The van der Waals surface area contributed by atoms with Gasteiger partial charge in [0, 0.05) is 22.1 Å². The van der Waals surface area contributed by atoms with Gasteiger partial charge < -0.3 is 0 Å². The molecule has 0 fully saturated rings. The van der Waals surface area contributed by atoms with Crippen molar-refractivity contribution in [3.63, 3.8) is 0 Å². The molecule has 7 heteroatoms. The summed E-state index contributed by atoms with van der Waals surface area (Å²) in [4.78, 5) is 18.7. The van der Waals surface area contributed by atoms with Crippen LogP contribution in [0.3, 0.4) is 0 Å². The highest BCUT2D eigenvalue weighted by molar-refractivity contribution is 7.99. The maximum atomic E-state index is 11.7. The lowest BCUT2D eigenvalue weighted by molar-refractivity contribution is -0.387. The van der Waals surface area contributed by atoms with E-state index in [4.69, 9.17) is 0 Å². The number of nitriles is 1. The van der Waals surface area contributed by atoms with Gasteiger partial charge in [-0.15, -0.1) is 11.3 Å². The predicted molar refractivity (Wildman–Crippen MR) is 135 cm³/mol. The molecule has 1 atom stereocenters. The van der Waals surface area contributed by atoms with Crippen molar-refractivity contribution in [1.82, 2.24) is 0 Å². The molecule has 0 aliphatic heterocycles. The summed E-state index contributed by atoms with van der Waals surface area (Å²) >= 11 is 2.95. The molecule has 4 rings (SSSR count). The maximum Gasteiger partial charge on any atom is 0.283 e. The highest BCUT2D eigenvalue weighted by Crippen LogP contribution is 2.45. The Labute approximate surface area is 202 Å². The van der Waals surface area contributed by atoms with Gasteiger partial charge in [-0.1, -0.05) is 56.8 Å². The van der Waals surface area contributed by atoms with E-state index >= 15 is 0 Å². The largest absolute Gasteiger partial charge is 0.283 e. The second kappa shape index (κ2) is 9.50. The summed E-state index contributed by atoms with van der Waals surface area (Å²) in [6, 6.07) is 17.1. The van der Waals surface area contributed by atoms with Gasteiger partial charge in [0.2, 0.25) is 0 Å². The number of nitro groups is 1. The van der Waals surface area contributed by atoms with E-state index in [2.05, 4.69) is 31.8 Å². The molecule has 0 unspecified atom stereocenters. The zero-order valence-electron chi connectivity index (χ0n) is 18.9. The number of benzene rings is 2. The lowest BCUT2D eigenvalue weighted by Gasteiger charge is -2.33. The van der Waals surface area contributed by atoms with E-state index in [9.17, 15) is 15.4 Å². The molecule has 1 aromatic heterocycles. The first kappa shape index (κ1) is 23.2. The van der Waals surface area contributed by atoms with Crippen LogP contribution in [0.5, 0.6) is 0 Å². The van der Waals surface area contributed by atoms with Crippen LogP contribution in [-0.4, -0.2) is 11.1 Å². The number of nitro benzene ring substituents is 1. The lowest BCUT2D eigenvalue weighted by Crippen LogP contribution is -2.26. The molecule has 0 amide bonds. The monoisotopic (exact) mass is 475 g/mol. The first-order valence-electron chi connectivity index (χ1n) is 10.9. The highest BCUT2D eigenvalue weighted by Gasteiger charge is 2.32. The van der Waals surface area contributed by atoms with Gasteiger partial charge in [-0.05, 0) is 59.9 Å². The molecule has 33 heavy (non-hydrogen) atoms. The van der Waals surface area contributed by atoms with Gasteiger partial charge in [0.15, 0.2) is 0 Å². The van der Waals surface area contributed by atoms with Crippen LogP contribution in [0, 0.1) is 32.8 Å². The first-order valence-corrected chi connectivity index (χ1v) is 12.5. The van der Waals surface area contributed by atoms with Gasteiger partial charge in [-0.2, -0.15) is 5.26 Å². The molecule has 0 spiro atoms. The second-order valence-corrected chi connectivity index (χ2v) is 11.5. The average Bonchev–Trinajstić information content (AvgIpc) is 3.15. The fourth-order valence-corrected chi connectivity index (χ4v) is 6.25. The molecule has 0 saturated carbocycles. The Kier molecular flexibility index (Phi) is 6.68. The van der Waals surface area contributed by atoms with Gasteiger partial charge in [0.05, 0.1) is 15.4 Å². The quantitative estimate of drug-likeness (QED) is 0.216. The Morgan fingerprint density at radius 2 is 2.00 bits per heavy atom. The van der Waals surface area contributed by atoms with Crippen LogP contribution in [0.4, 0.5) is 10.7 Å². The van der Waals surface area contributed by atoms with Crippen LogP contribution in [0.1, 0.15) is 48.8 Å². The number of thiophene rings is 1. The van der Waals surface area contributed by atoms with E-state index in [1.165, 1.54) is 16.6 Å². The Morgan fingerprint density at radius 1 is 1.24 bits per heavy atom. The molecule has 168 valence electrons. The van der Waals surface area contributed by atoms with Crippen LogP contribution in [-0.2, 0) is 12.8 Å². The number of hydrogen-bond acceptors (Lipinski definition) is 6. The van der Waals surface area contributed by atoms with Crippen LogP contribution in [0.2, 0.25) is 0 Å². The average molecular weight is 476 g/mol. The standard InChI is InChI=1S/C26H25N3O2S2/c1-26(2,3)18-10-11-20-21(15-27)25(33-24(20)14-18)28-16-17-9-12-23(22(13-17)29(30)31)32-19-7-5-4-6-8-19/h4-9,12-13,16,18H,10-11,14H2,1-3H3/t18-/m1/s1. The van der Waals surface area contributed by atoms with Crippen LogP contribution in [0.15, 0.2) is 63.3 Å². The number of hydrogen-bond donors (Lipinski definition) is 0. The fraction of sp³-hybridized carbons (Fsp3) is 0.308. The minimum atomic E-state index is -0.361. The van der Waals surface area contributed by atoms with E-state index in [-0.39, 0.29) is 16.0 Å². The van der Waals surface area contributed by atoms with Crippen molar-refractivity contribution in [2.75, 3.05) is 0 Å². The molecule has 0 bridgehead atoms. The summed E-state index contributed by atoms with van der Waals surface area (Å²) in [5.41, 5.74) is 2.71.